The fraction of sp³-hybridized carbons (Fsp3) is 0.400. The number of halogens is 3. The first kappa shape index (κ1) is 24.8. The summed E-state index contributed by atoms with van der Waals surface area (Å²) in [4.78, 5) is 46.9. The Morgan fingerprint density at radius 1 is 1.29 bits per heavy atom. The highest BCUT2D eigenvalue weighted by atomic mass is 19.4. The van der Waals surface area contributed by atoms with Crippen molar-refractivity contribution in [3.63, 3.8) is 0 Å². The third-order valence-electron chi connectivity index (χ3n) is 5.43. The first-order valence-corrected chi connectivity index (χ1v) is 10.1. The zero-order valence-corrected chi connectivity index (χ0v) is 18.1. The van der Waals surface area contributed by atoms with Gasteiger partial charge in [0, 0.05) is 30.1 Å². The number of alkyl halides is 3. The lowest BCUT2D eigenvalue weighted by Crippen LogP contribution is -2.52. The number of carboxylic acids is 1. The number of hydrogen-bond donors (Lipinski definition) is 3. The minimum atomic E-state index is -5.08. The highest BCUT2D eigenvalue weighted by Crippen LogP contribution is 2.31. The average Bonchev–Trinajstić information content (AvgIpc) is 3.38. The Hall–Kier alpha value is -3.81. The van der Waals surface area contributed by atoms with Gasteiger partial charge in [0.05, 0.1) is 17.6 Å². The standard InChI is InChI=1S/C18H20N6O3.C2HF3O2/c1-10(19-2)13-9-24(22-21-13)14-5-3-4-11-12(14)8-23(18(11)27)15-6-7-16(25)20-17(15)26;3-2(4,5)1(6)7/h3-5,9-10,15,19H,6-8H2,1-2H3,(H,20,25,26);(H,6,7). The first-order chi connectivity index (χ1) is 15.9. The van der Waals surface area contributed by atoms with Gasteiger partial charge in [0.25, 0.3) is 5.91 Å². The van der Waals surface area contributed by atoms with Crippen LogP contribution in [0.15, 0.2) is 24.4 Å². The van der Waals surface area contributed by atoms with Crippen LogP contribution in [0.25, 0.3) is 5.69 Å². The molecule has 0 radical (unpaired) electrons. The molecule has 3 heterocycles. The summed E-state index contributed by atoms with van der Waals surface area (Å²) in [6.07, 6.45) is -2.68. The Labute approximate surface area is 190 Å². The number of amides is 3. The van der Waals surface area contributed by atoms with Crippen molar-refractivity contribution in [1.29, 1.82) is 0 Å². The molecule has 3 amide bonds. The first-order valence-electron chi connectivity index (χ1n) is 10.1. The van der Waals surface area contributed by atoms with Crippen molar-refractivity contribution < 1.29 is 37.5 Å². The number of fused-ring (bicyclic) bond motifs is 1. The number of carboxylic acid groups (broad SMARTS) is 1. The third kappa shape index (κ3) is 5.06. The van der Waals surface area contributed by atoms with Gasteiger partial charge in [-0.2, -0.15) is 13.2 Å². The zero-order chi connectivity index (χ0) is 25.2. The van der Waals surface area contributed by atoms with E-state index in [4.69, 9.17) is 9.90 Å². The second-order valence-electron chi connectivity index (χ2n) is 7.60. The summed E-state index contributed by atoms with van der Waals surface area (Å²) < 4.78 is 33.4. The van der Waals surface area contributed by atoms with E-state index in [1.807, 2.05) is 26.2 Å². The summed E-state index contributed by atoms with van der Waals surface area (Å²) in [5, 5.41) is 20.9. The van der Waals surface area contributed by atoms with E-state index in [1.165, 1.54) is 4.90 Å². The van der Waals surface area contributed by atoms with Crippen molar-refractivity contribution in [3.05, 3.63) is 41.2 Å². The molecule has 0 aliphatic carbocycles. The lowest BCUT2D eigenvalue weighted by atomic mass is 10.0. The van der Waals surface area contributed by atoms with Gasteiger partial charge >= 0.3 is 12.1 Å². The van der Waals surface area contributed by atoms with E-state index in [-0.39, 0.29) is 24.3 Å². The third-order valence-corrected chi connectivity index (χ3v) is 5.43. The fourth-order valence-electron chi connectivity index (χ4n) is 3.52. The van der Waals surface area contributed by atoms with Gasteiger partial charge in [0.2, 0.25) is 11.8 Å². The maximum atomic E-state index is 12.9. The Kier molecular flexibility index (Phi) is 7.00. The lowest BCUT2D eigenvalue weighted by Gasteiger charge is -2.29. The van der Waals surface area contributed by atoms with Gasteiger partial charge in [-0.15, -0.1) is 5.10 Å². The van der Waals surface area contributed by atoms with Crippen molar-refractivity contribution in [3.8, 4) is 5.69 Å². The van der Waals surface area contributed by atoms with E-state index in [9.17, 15) is 27.6 Å². The molecule has 1 aromatic carbocycles. The second-order valence-corrected chi connectivity index (χ2v) is 7.60. The zero-order valence-electron chi connectivity index (χ0n) is 18.1. The molecule has 4 rings (SSSR count). The lowest BCUT2D eigenvalue weighted by molar-refractivity contribution is -0.192. The molecule has 1 fully saturated rings. The van der Waals surface area contributed by atoms with E-state index >= 15 is 0 Å². The van der Waals surface area contributed by atoms with Crippen LogP contribution in [-0.2, 0) is 20.9 Å². The van der Waals surface area contributed by atoms with Crippen molar-refractivity contribution >= 4 is 23.7 Å². The quantitative estimate of drug-likeness (QED) is 0.546. The smallest absolute Gasteiger partial charge is 0.475 e. The number of nitrogens with zero attached hydrogens (tertiary/aromatic N) is 4. The van der Waals surface area contributed by atoms with Crippen molar-refractivity contribution in [1.82, 2.24) is 30.5 Å². The Morgan fingerprint density at radius 2 is 1.97 bits per heavy atom. The van der Waals surface area contributed by atoms with Crippen molar-refractivity contribution in [2.45, 2.75) is 44.6 Å². The molecule has 2 atom stereocenters. The number of rotatable bonds is 4. The number of benzene rings is 1. The molecule has 34 heavy (non-hydrogen) atoms. The van der Waals surface area contributed by atoms with Crippen LogP contribution in [0.5, 0.6) is 0 Å². The predicted octanol–water partition coefficient (Wildman–Crippen LogP) is 0.942. The van der Waals surface area contributed by atoms with Gasteiger partial charge in [0.15, 0.2) is 0 Å². The number of piperidine rings is 1. The maximum Gasteiger partial charge on any atom is 0.490 e. The van der Waals surface area contributed by atoms with Crippen LogP contribution >= 0.6 is 0 Å². The number of imide groups is 1. The van der Waals surface area contributed by atoms with Crippen LogP contribution in [0.2, 0.25) is 0 Å². The van der Waals surface area contributed by atoms with E-state index in [0.717, 1.165) is 16.9 Å². The molecule has 2 aromatic rings. The van der Waals surface area contributed by atoms with E-state index in [2.05, 4.69) is 20.9 Å². The Bertz CT molecular complexity index is 1130. The Balaban J connectivity index is 0.000000406. The second kappa shape index (κ2) is 9.59. The largest absolute Gasteiger partial charge is 0.490 e. The predicted molar refractivity (Wildman–Crippen MR) is 109 cm³/mol. The van der Waals surface area contributed by atoms with Crippen LogP contribution < -0.4 is 10.6 Å². The highest BCUT2D eigenvalue weighted by molar-refractivity contribution is 6.05. The van der Waals surface area contributed by atoms with Crippen LogP contribution in [-0.4, -0.2) is 68.0 Å². The molecule has 2 aliphatic heterocycles. The summed E-state index contributed by atoms with van der Waals surface area (Å²) in [6.45, 7) is 2.28. The van der Waals surface area contributed by atoms with E-state index in [1.54, 1.807) is 16.8 Å². The molecular formula is C20H21F3N6O5. The monoisotopic (exact) mass is 482 g/mol. The molecule has 0 spiro atoms. The van der Waals surface area contributed by atoms with Crippen molar-refractivity contribution in [2.75, 3.05) is 7.05 Å². The van der Waals surface area contributed by atoms with Crippen LogP contribution in [0, 0.1) is 0 Å². The molecular weight excluding hydrogens is 461 g/mol. The van der Waals surface area contributed by atoms with Gasteiger partial charge in [-0.05, 0) is 32.5 Å². The molecule has 2 aliphatic rings. The van der Waals surface area contributed by atoms with Crippen LogP contribution in [0.4, 0.5) is 13.2 Å². The summed E-state index contributed by atoms with van der Waals surface area (Å²) in [5.41, 5.74) is 2.91. The van der Waals surface area contributed by atoms with Crippen molar-refractivity contribution in [2.24, 2.45) is 0 Å². The molecule has 14 heteroatoms. The minimum Gasteiger partial charge on any atom is -0.475 e. The molecule has 0 bridgehead atoms. The Morgan fingerprint density at radius 3 is 2.56 bits per heavy atom. The molecule has 1 aromatic heterocycles. The van der Waals surface area contributed by atoms with Gasteiger partial charge in [-0.25, -0.2) is 9.48 Å². The van der Waals surface area contributed by atoms with Gasteiger partial charge in [-0.1, -0.05) is 11.3 Å². The summed E-state index contributed by atoms with van der Waals surface area (Å²) in [7, 11) is 1.85. The van der Waals surface area contributed by atoms with Gasteiger partial charge in [0.1, 0.15) is 6.04 Å². The molecule has 2 unspecified atom stereocenters. The number of aromatic nitrogens is 3. The number of hydrogen-bond acceptors (Lipinski definition) is 7. The summed E-state index contributed by atoms with van der Waals surface area (Å²) >= 11 is 0. The molecule has 11 nitrogen and oxygen atoms in total. The van der Waals surface area contributed by atoms with Gasteiger partial charge in [-0.3, -0.25) is 19.7 Å². The molecule has 3 N–H and O–H groups in total. The molecule has 0 saturated carbocycles. The summed E-state index contributed by atoms with van der Waals surface area (Å²) in [6, 6.07) is 4.84. The van der Waals surface area contributed by atoms with E-state index in [0.29, 0.717) is 18.5 Å². The SMILES string of the molecule is CNC(C)c1cn(-c2cccc3c2CN(C2CCC(=O)NC2=O)C3=O)nn1.O=C(O)C(F)(F)F. The molecule has 1 saturated heterocycles. The minimum absolute atomic E-state index is 0.0529. The average molecular weight is 482 g/mol. The summed E-state index contributed by atoms with van der Waals surface area (Å²) in [5.74, 6) is -3.67. The highest BCUT2D eigenvalue weighted by Gasteiger charge is 2.40. The maximum absolute atomic E-state index is 12.9. The number of nitrogens with one attached hydrogen (secondary N) is 2. The van der Waals surface area contributed by atoms with Crippen LogP contribution in [0.3, 0.4) is 0 Å². The van der Waals surface area contributed by atoms with Crippen LogP contribution in [0.1, 0.15) is 47.4 Å². The topological polar surface area (TPSA) is 147 Å². The number of carbonyl (C=O) groups excluding carboxylic acids is 3. The fourth-order valence-corrected chi connectivity index (χ4v) is 3.52. The number of aliphatic carboxylic acids is 1. The van der Waals surface area contributed by atoms with Gasteiger partial charge < -0.3 is 15.3 Å². The number of carbonyl (C=O) groups is 4. The van der Waals surface area contributed by atoms with E-state index < -0.39 is 24.1 Å². The molecule has 182 valence electrons. The normalized spacial score (nSPS) is 18.7.